The number of benzene rings is 1. The summed E-state index contributed by atoms with van der Waals surface area (Å²) in [5.41, 5.74) is 0.579. The number of aliphatic hydroxyl groups excluding tert-OH is 1. The number of aliphatic hydroxyl groups is 1. The lowest BCUT2D eigenvalue weighted by molar-refractivity contribution is -0.162. The zero-order chi connectivity index (χ0) is 15.0. The van der Waals surface area contributed by atoms with Crippen molar-refractivity contribution in [3.8, 4) is 0 Å². The maximum atomic E-state index is 9.47. The third-order valence-corrected chi connectivity index (χ3v) is 4.39. The van der Waals surface area contributed by atoms with Crippen LogP contribution in [0.2, 0.25) is 10.0 Å². The molecule has 0 radical (unpaired) electrons. The van der Waals surface area contributed by atoms with E-state index < -0.39 is 11.4 Å². The van der Waals surface area contributed by atoms with Gasteiger partial charge in [0.1, 0.15) is 6.10 Å². The Morgan fingerprint density at radius 1 is 1.20 bits per heavy atom. The zero-order valence-corrected chi connectivity index (χ0v) is 13.5. The van der Waals surface area contributed by atoms with Crippen molar-refractivity contribution in [1.29, 1.82) is 0 Å². The fraction of sp³-hybridized carbons (Fsp3) is 0.600. The van der Waals surface area contributed by atoms with Gasteiger partial charge in [-0.25, -0.2) is 0 Å². The predicted octanol–water partition coefficient (Wildman–Crippen LogP) is 3.83. The van der Waals surface area contributed by atoms with E-state index in [4.69, 9.17) is 32.7 Å². The van der Waals surface area contributed by atoms with Crippen molar-refractivity contribution >= 4 is 23.2 Å². The fourth-order valence-electron chi connectivity index (χ4n) is 2.65. The minimum absolute atomic E-state index is 0.0543. The zero-order valence-electron chi connectivity index (χ0n) is 12.0. The monoisotopic (exact) mass is 318 g/mol. The summed E-state index contributed by atoms with van der Waals surface area (Å²) < 4.78 is 11.7. The molecule has 1 saturated heterocycles. The third-order valence-electron chi connectivity index (χ3n) is 3.65. The van der Waals surface area contributed by atoms with Gasteiger partial charge in [0.2, 0.25) is 0 Å². The molecule has 3 nitrogen and oxygen atoms in total. The van der Waals surface area contributed by atoms with E-state index in [1.165, 1.54) is 0 Å². The number of rotatable bonds is 4. The molecule has 1 N–H and O–H groups in total. The molecule has 0 bridgehead atoms. The van der Waals surface area contributed by atoms with E-state index in [1.54, 1.807) is 6.07 Å². The highest BCUT2D eigenvalue weighted by molar-refractivity contribution is 6.42. The molecule has 2 rings (SSSR count). The lowest BCUT2D eigenvalue weighted by Crippen LogP contribution is -2.39. The van der Waals surface area contributed by atoms with Gasteiger partial charge in [-0.3, -0.25) is 0 Å². The van der Waals surface area contributed by atoms with Gasteiger partial charge in [0, 0.05) is 0 Å². The first kappa shape index (κ1) is 16.1. The van der Waals surface area contributed by atoms with E-state index >= 15 is 0 Å². The average Bonchev–Trinajstić information content (AvgIpc) is 2.61. The topological polar surface area (TPSA) is 38.7 Å². The first-order valence-electron chi connectivity index (χ1n) is 6.68. The van der Waals surface area contributed by atoms with Crippen LogP contribution in [0, 0.1) is 0 Å². The van der Waals surface area contributed by atoms with Gasteiger partial charge in [-0.2, -0.15) is 0 Å². The highest BCUT2D eigenvalue weighted by Crippen LogP contribution is 2.39. The lowest BCUT2D eigenvalue weighted by Gasteiger charge is -2.28. The van der Waals surface area contributed by atoms with Crippen molar-refractivity contribution in [3.63, 3.8) is 0 Å². The van der Waals surface area contributed by atoms with Gasteiger partial charge in [-0.15, -0.1) is 0 Å². The largest absolute Gasteiger partial charge is 0.394 e. The van der Waals surface area contributed by atoms with Gasteiger partial charge >= 0.3 is 0 Å². The average molecular weight is 319 g/mol. The number of ether oxygens (including phenoxy) is 2. The molecule has 0 spiro atoms. The van der Waals surface area contributed by atoms with Crippen molar-refractivity contribution in [3.05, 3.63) is 33.8 Å². The summed E-state index contributed by atoms with van der Waals surface area (Å²) in [5, 5.41) is 10.6. The Morgan fingerprint density at radius 3 is 2.50 bits per heavy atom. The predicted molar refractivity (Wildman–Crippen MR) is 80.3 cm³/mol. The first-order chi connectivity index (χ1) is 9.26. The van der Waals surface area contributed by atoms with Gasteiger partial charge in [-0.05, 0) is 51.3 Å². The Morgan fingerprint density at radius 2 is 1.90 bits per heavy atom. The molecule has 1 unspecified atom stereocenters. The number of halogens is 2. The summed E-state index contributed by atoms with van der Waals surface area (Å²) in [7, 11) is 0. The van der Waals surface area contributed by atoms with Gasteiger partial charge in [0.25, 0.3) is 0 Å². The SMILES string of the molecule is CC1(C)OC(CO)[C@@](C)(CCc2ccc(Cl)c(Cl)c2)O1. The Labute approximate surface area is 129 Å². The minimum atomic E-state index is -0.667. The normalized spacial score (nSPS) is 28.8. The molecule has 1 heterocycles. The van der Waals surface area contributed by atoms with Crippen LogP contribution in [-0.2, 0) is 15.9 Å². The van der Waals surface area contributed by atoms with Crippen LogP contribution in [-0.4, -0.2) is 29.2 Å². The van der Waals surface area contributed by atoms with E-state index in [2.05, 4.69) is 0 Å². The Bertz CT molecular complexity index is 490. The van der Waals surface area contributed by atoms with Gasteiger partial charge in [-0.1, -0.05) is 29.3 Å². The summed E-state index contributed by atoms with van der Waals surface area (Å²) in [6, 6.07) is 5.61. The minimum Gasteiger partial charge on any atom is -0.394 e. The van der Waals surface area contributed by atoms with Crippen LogP contribution in [0.15, 0.2) is 18.2 Å². The lowest BCUT2D eigenvalue weighted by atomic mass is 9.91. The van der Waals surface area contributed by atoms with Gasteiger partial charge in [0.05, 0.1) is 22.3 Å². The van der Waals surface area contributed by atoms with Crippen LogP contribution in [0.5, 0.6) is 0 Å². The summed E-state index contributed by atoms with van der Waals surface area (Å²) >= 11 is 11.9. The van der Waals surface area contributed by atoms with Gasteiger partial charge in [0.15, 0.2) is 5.79 Å². The molecule has 20 heavy (non-hydrogen) atoms. The third kappa shape index (κ3) is 3.46. The molecular weight excluding hydrogens is 299 g/mol. The highest BCUT2D eigenvalue weighted by atomic mass is 35.5. The van der Waals surface area contributed by atoms with Crippen molar-refractivity contribution < 1.29 is 14.6 Å². The number of aryl methyl sites for hydroxylation is 1. The molecule has 1 aromatic carbocycles. The Kier molecular flexibility index (Phi) is 4.67. The molecule has 0 aromatic heterocycles. The Balaban J connectivity index is 2.07. The van der Waals surface area contributed by atoms with E-state index in [0.29, 0.717) is 10.0 Å². The number of hydrogen-bond donors (Lipinski definition) is 1. The van der Waals surface area contributed by atoms with Crippen molar-refractivity contribution in [2.75, 3.05) is 6.61 Å². The Hall–Kier alpha value is -0.320. The molecule has 0 saturated carbocycles. The maximum absolute atomic E-state index is 9.47. The van der Waals surface area contributed by atoms with Crippen LogP contribution < -0.4 is 0 Å². The van der Waals surface area contributed by atoms with Gasteiger partial charge < -0.3 is 14.6 Å². The molecular formula is C15H20Cl2O3. The molecule has 2 atom stereocenters. The maximum Gasteiger partial charge on any atom is 0.164 e. The summed E-state index contributed by atoms with van der Waals surface area (Å²) in [6.45, 7) is 5.64. The van der Waals surface area contributed by atoms with Crippen LogP contribution in [0.1, 0.15) is 32.8 Å². The van der Waals surface area contributed by atoms with E-state index in [1.807, 2.05) is 32.9 Å². The summed E-state index contributed by atoms with van der Waals surface area (Å²) in [4.78, 5) is 0. The highest BCUT2D eigenvalue weighted by Gasteiger charge is 2.49. The van der Waals surface area contributed by atoms with Crippen LogP contribution in [0.3, 0.4) is 0 Å². The summed E-state index contributed by atoms with van der Waals surface area (Å²) in [6.07, 6.45) is 1.20. The molecule has 1 aliphatic rings. The summed E-state index contributed by atoms with van der Waals surface area (Å²) in [5.74, 6) is -0.667. The molecule has 1 aromatic rings. The van der Waals surface area contributed by atoms with Crippen LogP contribution in [0.4, 0.5) is 0 Å². The van der Waals surface area contributed by atoms with Crippen LogP contribution in [0.25, 0.3) is 0 Å². The van der Waals surface area contributed by atoms with E-state index in [9.17, 15) is 5.11 Å². The first-order valence-corrected chi connectivity index (χ1v) is 7.44. The molecule has 0 aliphatic carbocycles. The second-order valence-corrected chi connectivity index (χ2v) is 6.67. The van der Waals surface area contributed by atoms with E-state index in [-0.39, 0.29) is 12.7 Å². The smallest absolute Gasteiger partial charge is 0.164 e. The number of hydrogen-bond acceptors (Lipinski definition) is 3. The molecule has 5 heteroatoms. The standard InChI is InChI=1S/C15H20Cl2O3/c1-14(2)19-13(9-18)15(3,20-14)7-6-10-4-5-11(16)12(17)8-10/h4-5,8,13,18H,6-7,9H2,1-3H3/t13?,15-/m1/s1. The quantitative estimate of drug-likeness (QED) is 0.917. The van der Waals surface area contributed by atoms with Crippen molar-refractivity contribution in [2.45, 2.75) is 51.1 Å². The van der Waals surface area contributed by atoms with Crippen molar-refractivity contribution in [2.24, 2.45) is 0 Å². The molecule has 112 valence electrons. The van der Waals surface area contributed by atoms with Crippen LogP contribution >= 0.6 is 23.2 Å². The second kappa shape index (κ2) is 5.82. The molecule has 1 fully saturated rings. The van der Waals surface area contributed by atoms with Crippen molar-refractivity contribution in [1.82, 2.24) is 0 Å². The second-order valence-electron chi connectivity index (χ2n) is 5.85. The fourth-order valence-corrected chi connectivity index (χ4v) is 2.97. The van der Waals surface area contributed by atoms with E-state index in [0.717, 1.165) is 18.4 Å². The molecule has 0 amide bonds. The molecule has 1 aliphatic heterocycles.